The van der Waals surface area contributed by atoms with Crippen molar-refractivity contribution in [1.29, 1.82) is 0 Å². The maximum absolute atomic E-state index is 13.3. The van der Waals surface area contributed by atoms with Gasteiger partial charge in [0.2, 0.25) is 5.95 Å². The lowest BCUT2D eigenvalue weighted by atomic mass is 9.72. The van der Waals surface area contributed by atoms with Gasteiger partial charge < -0.3 is 9.80 Å². The lowest BCUT2D eigenvalue weighted by Crippen LogP contribution is -2.53. The van der Waals surface area contributed by atoms with Crippen LogP contribution >= 0.6 is 0 Å². The third-order valence-electron chi connectivity index (χ3n) is 6.46. The lowest BCUT2D eigenvalue weighted by molar-refractivity contribution is 0.0643. The van der Waals surface area contributed by atoms with E-state index in [9.17, 15) is 4.79 Å². The van der Waals surface area contributed by atoms with E-state index in [0.29, 0.717) is 18.7 Å². The molecule has 0 atom stereocenters. The molecule has 3 aromatic rings. The summed E-state index contributed by atoms with van der Waals surface area (Å²) in [5.74, 6) is 0.823. The molecule has 5 heterocycles. The number of carbonyl (C=O) groups is 1. The number of hydrogen-bond donors (Lipinski definition) is 0. The van der Waals surface area contributed by atoms with Gasteiger partial charge in [0.25, 0.3) is 5.91 Å². The number of aromatic nitrogens is 5. The third kappa shape index (κ3) is 3.56. The number of amides is 1. The SMILES string of the molecule is CC(C)n1cc2c(n1)C1(CCN(c3ncccn3)CC1)CN(C(=O)c1ccncc1)C2. The van der Waals surface area contributed by atoms with Crippen LogP contribution in [0, 0.1) is 0 Å². The van der Waals surface area contributed by atoms with Crippen LogP contribution in [-0.2, 0) is 12.0 Å². The summed E-state index contributed by atoms with van der Waals surface area (Å²) >= 11 is 0. The Hall–Kier alpha value is -3.29. The number of nitrogens with zero attached hydrogens (tertiary/aromatic N) is 7. The molecule has 3 aromatic heterocycles. The van der Waals surface area contributed by atoms with Crippen LogP contribution in [-0.4, -0.2) is 55.2 Å². The van der Waals surface area contributed by atoms with Crippen LogP contribution in [0.15, 0.2) is 49.2 Å². The Kier molecular flexibility index (Phi) is 4.92. The molecule has 0 radical (unpaired) electrons. The zero-order valence-electron chi connectivity index (χ0n) is 18.0. The van der Waals surface area contributed by atoms with Gasteiger partial charge in [0.15, 0.2) is 0 Å². The first-order valence-electron chi connectivity index (χ1n) is 10.9. The monoisotopic (exact) mass is 417 g/mol. The summed E-state index contributed by atoms with van der Waals surface area (Å²) in [6.07, 6.45) is 10.9. The molecule has 0 saturated carbocycles. The first-order valence-corrected chi connectivity index (χ1v) is 10.9. The van der Waals surface area contributed by atoms with E-state index in [2.05, 4.69) is 39.9 Å². The molecule has 31 heavy (non-hydrogen) atoms. The van der Waals surface area contributed by atoms with Crippen LogP contribution in [0.25, 0.3) is 0 Å². The number of pyridine rings is 1. The molecule has 1 spiro atoms. The lowest BCUT2D eigenvalue weighted by Gasteiger charge is -2.46. The van der Waals surface area contributed by atoms with Gasteiger partial charge in [-0.1, -0.05) is 0 Å². The van der Waals surface area contributed by atoms with Gasteiger partial charge in [-0.05, 0) is 44.9 Å². The third-order valence-corrected chi connectivity index (χ3v) is 6.46. The number of fused-ring (bicyclic) bond motifs is 2. The van der Waals surface area contributed by atoms with Crippen molar-refractivity contribution in [2.75, 3.05) is 24.5 Å². The Morgan fingerprint density at radius 3 is 2.45 bits per heavy atom. The van der Waals surface area contributed by atoms with E-state index in [1.807, 2.05) is 15.6 Å². The van der Waals surface area contributed by atoms with Crippen LogP contribution in [0.5, 0.6) is 0 Å². The second-order valence-corrected chi connectivity index (χ2v) is 8.79. The second-order valence-electron chi connectivity index (χ2n) is 8.79. The smallest absolute Gasteiger partial charge is 0.254 e. The van der Waals surface area contributed by atoms with Crippen LogP contribution in [0.3, 0.4) is 0 Å². The Balaban J connectivity index is 1.46. The fourth-order valence-corrected chi connectivity index (χ4v) is 4.76. The standard InChI is InChI=1S/C23H27N7O/c1-17(2)30-15-19-14-29(21(31)18-4-10-24-11-5-18)16-23(20(19)27-30)6-12-28(13-7-23)22-25-8-3-9-26-22/h3-5,8-11,15,17H,6-7,12-14,16H2,1-2H3. The topological polar surface area (TPSA) is 80.0 Å². The molecule has 0 unspecified atom stereocenters. The van der Waals surface area contributed by atoms with Crippen molar-refractivity contribution in [2.45, 2.75) is 44.7 Å². The maximum Gasteiger partial charge on any atom is 0.254 e. The number of carbonyl (C=O) groups excluding carboxylic acids is 1. The summed E-state index contributed by atoms with van der Waals surface area (Å²) in [5, 5.41) is 5.01. The highest BCUT2D eigenvalue weighted by atomic mass is 16.2. The number of rotatable bonds is 3. The normalized spacial score (nSPS) is 17.8. The molecule has 2 aliphatic rings. The van der Waals surface area contributed by atoms with E-state index in [-0.39, 0.29) is 17.4 Å². The fourth-order valence-electron chi connectivity index (χ4n) is 4.76. The Morgan fingerprint density at radius 2 is 1.77 bits per heavy atom. The van der Waals surface area contributed by atoms with E-state index in [1.54, 1.807) is 36.9 Å². The summed E-state index contributed by atoms with van der Waals surface area (Å²) in [7, 11) is 0. The minimum Gasteiger partial charge on any atom is -0.341 e. The number of piperidine rings is 1. The summed E-state index contributed by atoms with van der Waals surface area (Å²) in [5.41, 5.74) is 2.85. The molecule has 0 aliphatic carbocycles. The Morgan fingerprint density at radius 1 is 1.06 bits per heavy atom. The summed E-state index contributed by atoms with van der Waals surface area (Å²) in [4.78, 5) is 30.4. The second kappa shape index (κ2) is 7.76. The highest BCUT2D eigenvalue weighted by Crippen LogP contribution is 2.42. The molecule has 1 saturated heterocycles. The van der Waals surface area contributed by atoms with E-state index in [1.165, 1.54) is 0 Å². The van der Waals surface area contributed by atoms with Gasteiger partial charge in [-0.15, -0.1) is 0 Å². The predicted molar refractivity (Wildman–Crippen MR) is 117 cm³/mol. The van der Waals surface area contributed by atoms with Crippen molar-refractivity contribution < 1.29 is 4.79 Å². The fraction of sp³-hybridized carbons (Fsp3) is 0.435. The van der Waals surface area contributed by atoms with Crippen molar-refractivity contribution in [2.24, 2.45) is 0 Å². The quantitative estimate of drug-likeness (QED) is 0.652. The van der Waals surface area contributed by atoms with Crippen LogP contribution in [0.2, 0.25) is 0 Å². The minimum atomic E-state index is -0.151. The first kappa shape index (κ1) is 19.7. The summed E-state index contributed by atoms with van der Waals surface area (Å²) in [6, 6.07) is 5.70. The van der Waals surface area contributed by atoms with Gasteiger partial charge in [-0.2, -0.15) is 5.10 Å². The Bertz CT molecular complexity index is 1060. The molecular formula is C23H27N7O. The van der Waals surface area contributed by atoms with E-state index >= 15 is 0 Å². The van der Waals surface area contributed by atoms with Gasteiger partial charge in [-0.3, -0.25) is 14.5 Å². The van der Waals surface area contributed by atoms with E-state index in [0.717, 1.165) is 43.1 Å². The zero-order chi connectivity index (χ0) is 21.4. The van der Waals surface area contributed by atoms with Crippen molar-refractivity contribution in [3.63, 3.8) is 0 Å². The van der Waals surface area contributed by atoms with Gasteiger partial charge in [0.05, 0.1) is 5.69 Å². The van der Waals surface area contributed by atoms with E-state index < -0.39 is 0 Å². The summed E-state index contributed by atoms with van der Waals surface area (Å²) in [6.45, 7) is 7.24. The zero-order valence-corrected chi connectivity index (χ0v) is 18.0. The molecule has 8 heteroatoms. The van der Waals surface area contributed by atoms with Gasteiger partial charge >= 0.3 is 0 Å². The Labute approximate surface area is 181 Å². The highest BCUT2D eigenvalue weighted by Gasteiger charge is 2.46. The molecule has 1 fully saturated rings. The van der Waals surface area contributed by atoms with Crippen molar-refractivity contribution in [3.05, 3.63) is 66.0 Å². The predicted octanol–water partition coefficient (Wildman–Crippen LogP) is 2.84. The highest BCUT2D eigenvalue weighted by molar-refractivity contribution is 5.94. The average Bonchev–Trinajstić information content (AvgIpc) is 3.26. The molecule has 8 nitrogen and oxygen atoms in total. The molecule has 0 N–H and O–H groups in total. The number of anilines is 1. The van der Waals surface area contributed by atoms with Crippen molar-refractivity contribution >= 4 is 11.9 Å². The van der Waals surface area contributed by atoms with Gasteiger partial charge in [-0.25, -0.2) is 9.97 Å². The minimum absolute atomic E-state index is 0.0542. The average molecular weight is 418 g/mol. The molecule has 1 amide bonds. The molecule has 0 bridgehead atoms. The molecule has 2 aliphatic heterocycles. The molecule has 160 valence electrons. The summed E-state index contributed by atoms with van der Waals surface area (Å²) < 4.78 is 2.04. The van der Waals surface area contributed by atoms with Crippen molar-refractivity contribution in [3.8, 4) is 0 Å². The largest absolute Gasteiger partial charge is 0.341 e. The van der Waals surface area contributed by atoms with Crippen LogP contribution in [0.1, 0.15) is 54.3 Å². The van der Waals surface area contributed by atoms with Crippen molar-refractivity contribution in [1.82, 2.24) is 29.6 Å². The van der Waals surface area contributed by atoms with Crippen LogP contribution < -0.4 is 4.90 Å². The van der Waals surface area contributed by atoms with Crippen LogP contribution in [0.4, 0.5) is 5.95 Å². The first-order chi connectivity index (χ1) is 15.1. The molecule has 5 rings (SSSR count). The van der Waals surface area contributed by atoms with Gasteiger partial charge in [0.1, 0.15) is 0 Å². The number of hydrogen-bond acceptors (Lipinski definition) is 6. The van der Waals surface area contributed by atoms with Gasteiger partial charge in [0, 0.05) is 79.7 Å². The maximum atomic E-state index is 13.3. The molecular weight excluding hydrogens is 390 g/mol. The van der Waals surface area contributed by atoms with E-state index in [4.69, 9.17) is 5.10 Å². The molecule has 0 aromatic carbocycles.